The second-order valence-electron chi connectivity index (χ2n) is 4.18. The van der Waals surface area contributed by atoms with Gasteiger partial charge in [0.15, 0.2) is 0 Å². The van der Waals surface area contributed by atoms with Crippen molar-refractivity contribution in [2.75, 3.05) is 13.2 Å². The van der Waals surface area contributed by atoms with Crippen molar-refractivity contribution in [3.05, 3.63) is 11.6 Å². The van der Waals surface area contributed by atoms with E-state index >= 15 is 0 Å². The van der Waals surface area contributed by atoms with Gasteiger partial charge in [0.25, 0.3) is 0 Å². The zero-order valence-corrected chi connectivity index (χ0v) is 9.17. The molecule has 1 rings (SSSR count). The average molecular weight is 197 g/mol. The van der Waals surface area contributed by atoms with Gasteiger partial charge in [0, 0.05) is 18.7 Å². The van der Waals surface area contributed by atoms with Crippen molar-refractivity contribution in [3.63, 3.8) is 0 Å². The second kappa shape index (κ2) is 5.15. The lowest BCUT2D eigenvalue weighted by Crippen LogP contribution is -2.43. The molecule has 2 atom stereocenters. The van der Waals surface area contributed by atoms with Crippen molar-refractivity contribution >= 4 is 5.91 Å². The minimum Gasteiger partial charge on any atom is -0.381 e. The molecular formula is C11H19NO2. The largest absolute Gasteiger partial charge is 0.381 e. The molecule has 0 aromatic carbocycles. The Bertz CT molecular complexity index is 231. The van der Waals surface area contributed by atoms with Crippen molar-refractivity contribution < 1.29 is 9.53 Å². The van der Waals surface area contributed by atoms with Crippen molar-refractivity contribution in [1.29, 1.82) is 0 Å². The smallest absolute Gasteiger partial charge is 0.244 e. The number of hydrogen-bond acceptors (Lipinski definition) is 2. The second-order valence-corrected chi connectivity index (χ2v) is 4.18. The van der Waals surface area contributed by atoms with E-state index in [1.807, 2.05) is 13.8 Å². The van der Waals surface area contributed by atoms with E-state index in [9.17, 15) is 4.79 Å². The molecular weight excluding hydrogens is 178 g/mol. The van der Waals surface area contributed by atoms with Gasteiger partial charge in [0.05, 0.1) is 6.61 Å². The van der Waals surface area contributed by atoms with Gasteiger partial charge in [-0.3, -0.25) is 4.79 Å². The summed E-state index contributed by atoms with van der Waals surface area (Å²) in [4.78, 5) is 11.4. The van der Waals surface area contributed by atoms with E-state index < -0.39 is 0 Å². The quantitative estimate of drug-likeness (QED) is 0.681. The molecule has 0 saturated carbocycles. The maximum Gasteiger partial charge on any atom is 0.244 e. The first-order valence-corrected chi connectivity index (χ1v) is 5.12. The normalized spacial score (nSPS) is 26.8. The molecule has 1 saturated heterocycles. The standard InChI is InChI=1S/C11H19NO2/c1-8(2)6-11(13)12-10-4-5-14-7-9(10)3/h6,9-10H,4-5,7H2,1-3H3,(H,12,13). The van der Waals surface area contributed by atoms with E-state index in [-0.39, 0.29) is 11.9 Å². The monoisotopic (exact) mass is 197 g/mol. The highest BCUT2D eigenvalue weighted by atomic mass is 16.5. The Morgan fingerprint density at radius 3 is 2.79 bits per heavy atom. The molecule has 1 amide bonds. The third-order valence-corrected chi connectivity index (χ3v) is 2.39. The van der Waals surface area contributed by atoms with Gasteiger partial charge in [-0.1, -0.05) is 12.5 Å². The lowest BCUT2D eigenvalue weighted by atomic mass is 9.98. The van der Waals surface area contributed by atoms with Gasteiger partial charge < -0.3 is 10.1 Å². The topological polar surface area (TPSA) is 38.3 Å². The number of hydrogen-bond donors (Lipinski definition) is 1. The van der Waals surface area contributed by atoms with Crippen LogP contribution < -0.4 is 5.32 Å². The highest BCUT2D eigenvalue weighted by Crippen LogP contribution is 2.13. The summed E-state index contributed by atoms with van der Waals surface area (Å²) >= 11 is 0. The number of nitrogens with one attached hydrogen (secondary N) is 1. The molecule has 0 aliphatic carbocycles. The van der Waals surface area contributed by atoms with Crippen molar-refractivity contribution in [3.8, 4) is 0 Å². The maximum absolute atomic E-state index is 11.4. The number of rotatable bonds is 2. The number of allylic oxidation sites excluding steroid dienone is 1. The first kappa shape index (κ1) is 11.2. The number of ether oxygens (including phenoxy) is 1. The lowest BCUT2D eigenvalue weighted by Gasteiger charge is -2.29. The number of carbonyl (C=O) groups is 1. The Morgan fingerprint density at radius 2 is 2.21 bits per heavy atom. The van der Waals surface area contributed by atoms with Crippen LogP contribution in [-0.2, 0) is 9.53 Å². The van der Waals surface area contributed by atoms with Gasteiger partial charge in [-0.05, 0) is 26.2 Å². The van der Waals surface area contributed by atoms with Crippen LogP contribution in [0.5, 0.6) is 0 Å². The van der Waals surface area contributed by atoms with Crippen LogP contribution in [0.25, 0.3) is 0 Å². The minimum atomic E-state index is 0.0174. The van der Waals surface area contributed by atoms with Crippen LogP contribution in [0.4, 0.5) is 0 Å². The van der Waals surface area contributed by atoms with E-state index in [1.165, 1.54) is 0 Å². The molecule has 14 heavy (non-hydrogen) atoms. The van der Waals surface area contributed by atoms with Crippen LogP contribution in [0, 0.1) is 5.92 Å². The number of carbonyl (C=O) groups excluding carboxylic acids is 1. The van der Waals surface area contributed by atoms with Crippen LogP contribution in [0.2, 0.25) is 0 Å². The molecule has 3 heteroatoms. The first-order valence-electron chi connectivity index (χ1n) is 5.12. The summed E-state index contributed by atoms with van der Waals surface area (Å²) in [7, 11) is 0. The van der Waals surface area contributed by atoms with Gasteiger partial charge >= 0.3 is 0 Å². The highest BCUT2D eigenvalue weighted by molar-refractivity contribution is 5.88. The fourth-order valence-corrected chi connectivity index (χ4v) is 1.58. The number of amides is 1. The Hall–Kier alpha value is -0.830. The van der Waals surface area contributed by atoms with Gasteiger partial charge in [-0.15, -0.1) is 0 Å². The van der Waals surface area contributed by atoms with E-state index in [1.54, 1.807) is 6.08 Å². The molecule has 3 nitrogen and oxygen atoms in total. The Kier molecular flexibility index (Phi) is 4.14. The third kappa shape index (κ3) is 3.50. The molecule has 1 heterocycles. The zero-order valence-electron chi connectivity index (χ0n) is 9.17. The van der Waals surface area contributed by atoms with Crippen molar-refractivity contribution in [1.82, 2.24) is 5.32 Å². The molecule has 1 fully saturated rings. The van der Waals surface area contributed by atoms with E-state index in [0.29, 0.717) is 5.92 Å². The maximum atomic E-state index is 11.4. The molecule has 1 aliphatic rings. The predicted molar refractivity (Wildman–Crippen MR) is 56.0 cm³/mol. The first-order chi connectivity index (χ1) is 6.59. The summed E-state index contributed by atoms with van der Waals surface area (Å²) < 4.78 is 5.31. The van der Waals surface area contributed by atoms with Gasteiger partial charge in [0.1, 0.15) is 0 Å². The van der Waals surface area contributed by atoms with E-state index in [4.69, 9.17) is 4.74 Å². The Labute approximate surface area is 85.5 Å². The fourth-order valence-electron chi connectivity index (χ4n) is 1.58. The van der Waals surface area contributed by atoms with Crippen LogP contribution in [0.3, 0.4) is 0 Å². The van der Waals surface area contributed by atoms with Crippen molar-refractivity contribution in [2.24, 2.45) is 5.92 Å². The SMILES string of the molecule is CC(C)=CC(=O)NC1CCOCC1C. The van der Waals surface area contributed by atoms with Crippen LogP contribution in [0.1, 0.15) is 27.2 Å². The van der Waals surface area contributed by atoms with Crippen LogP contribution in [0.15, 0.2) is 11.6 Å². The Morgan fingerprint density at radius 1 is 1.50 bits per heavy atom. The summed E-state index contributed by atoms with van der Waals surface area (Å²) in [5.74, 6) is 0.432. The van der Waals surface area contributed by atoms with E-state index in [2.05, 4.69) is 12.2 Å². The van der Waals surface area contributed by atoms with Gasteiger partial charge in [0.2, 0.25) is 5.91 Å². The van der Waals surface area contributed by atoms with Crippen molar-refractivity contribution in [2.45, 2.75) is 33.2 Å². The van der Waals surface area contributed by atoms with Crippen LogP contribution in [-0.4, -0.2) is 25.2 Å². The molecule has 0 aromatic rings. The summed E-state index contributed by atoms with van der Waals surface area (Å²) in [6.07, 6.45) is 2.56. The fraction of sp³-hybridized carbons (Fsp3) is 0.727. The third-order valence-electron chi connectivity index (χ3n) is 2.39. The summed E-state index contributed by atoms with van der Waals surface area (Å²) in [5, 5.41) is 3.00. The molecule has 0 spiro atoms. The highest BCUT2D eigenvalue weighted by Gasteiger charge is 2.22. The van der Waals surface area contributed by atoms with E-state index in [0.717, 1.165) is 25.2 Å². The predicted octanol–water partition coefficient (Wildman–Crippen LogP) is 1.49. The summed E-state index contributed by atoms with van der Waals surface area (Å²) in [5.41, 5.74) is 1.03. The molecule has 0 aromatic heterocycles. The van der Waals surface area contributed by atoms with Gasteiger partial charge in [-0.25, -0.2) is 0 Å². The molecule has 2 unspecified atom stereocenters. The minimum absolute atomic E-state index is 0.0174. The molecule has 1 aliphatic heterocycles. The summed E-state index contributed by atoms with van der Waals surface area (Å²) in [6, 6.07) is 0.270. The molecule has 0 radical (unpaired) electrons. The molecule has 1 N–H and O–H groups in total. The Balaban J connectivity index is 2.42. The average Bonchev–Trinajstić information content (AvgIpc) is 2.07. The molecule has 0 bridgehead atoms. The molecule has 80 valence electrons. The van der Waals surface area contributed by atoms with Crippen LogP contribution >= 0.6 is 0 Å². The van der Waals surface area contributed by atoms with Gasteiger partial charge in [-0.2, -0.15) is 0 Å². The summed E-state index contributed by atoms with van der Waals surface area (Å²) in [6.45, 7) is 7.45. The lowest BCUT2D eigenvalue weighted by molar-refractivity contribution is -0.118. The zero-order chi connectivity index (χ0) is 10.6.